The molecule has 0 saturated carbocycles. The van der Waals surface area contributed by atoms with Crippen LogP contribution in [0.1, 0.15) is 6.92 Å². The molecule has 0 saturated heterocycles. The van der Waals surface area contributed by atoms with Crippen LogP contribution in [0.3, 0.4) is 0 Å². The lowest BCUT2D eigenvalue weighted by Crippen LogP contribution is -1.98. The van der Waals surface area contributed by atoms with Gasteiger partial charge in [-0.3, -0.25) is 15.1 Å². The molecule has 0 fully saturated rings. The number of hydrogen-bond donors (Lipinski definition) is 1. The number of benzene rings is 1. The molecule has 1 aromatic carbocycles. The second kappa shape index (κ2) is 6.19. The summed E-state index contributed by atoms with van der Waals surface area (Å²) >= 11 is 1.47. The zero-order valence-corrected chi connectivity index (χ0v) is 11.2. The average molecular weight is 275 g/mol. The van der Waals surface area contributed by atoms with Crippen molar-refractivity contribution in [3.8, 4) is 0 Å². The molecule has 0 radical (unpaired) electrons. The summed E-state index contributed by atoms with van der Waals surface area (Å²) in [5.41, 5.74) is 0.850. The Morgan fingerprint density at radius 1 is 1.26 bits per heavy atom. The average Bonchev–Trinajstić information content (AvgIpc) is 2.40. The van der Waals surface area contributed by atoms with E-state index in [1.807, 2.05) is 25.1 Å². The van der Waals surface area contributed by atoms with Crippen molar-refractivity contribution in [2.75, 3.05) is 11.9 Å². The normalized spacial score (nSPS) is 10.2. The Bertz CT molecular complexity index is 575. The van der Waals surface area contributed by atoms with Crippen LogP contribution in [-0.2, 0) is 0 Å². The Kier molecular flexibility index (Phi) is 4.35. The third-order valence-corrected chi connectivity index (χ3v) is 3.35. The number of aromatic nitrogens is 1. The third kappa shape index (κ3) is 3.69. The van der Waals surface area contributed by atoms with Crippen molar-refractivity contribution in [1.29, 1.82) is 0 Å². The first kappa shape index (κ1) is 13.4. The lowest BCUT2D eigenvalue weighted by atomic mass is 10.3. The van der Waals surface area contributed by atoms with Gasteiger partial charge in [-0.1, -0.05) is 11.8 Å². The molecular weight excluding hydrogens is 262 g/mol. The fourth-order valence-corrected chi connectivity index (χ4v) is 2.49. The van der Waals surface area contributed by atoms with Crippen LogP contribution in [0, 0.1) is 10.1 Å². The molecule has 1 aromatic heterocycles. The first-order valence-corrected chi connectivity index (χ1v) is 6.62. The molecule has 0 aliphatic heterocycles. The van der Waals surface area contributed by atoms with Gasteiger partial charge in [0.1, 0.15) is 0 Å². The van der Waals surface area contributed by atoms with Crippen LogP contribution in [0.15, 0.2) is 52.5 Å². The fraction of sp³-hybridized carbons (Fsp3) is 0.154. The monoisotopic (exact) mass is 275 g/mol. The van der Waals surface area contributed by atoms with Crippen molar-refractivity contribution in [1.82, 2.24) is 4.98 Å². The number of nitrogens with zero attached hydrogens (tertiary/aromatic N) is 2. The second-order valence-corrected chi connectivity index (χ2v) is 4.93. The Hall–Kier alpha value is -2.08. The standard InChI is InChI=1S/C13H13N3O2S/c1-2-15-10-7-11(16(17)18)9-13(8-10)19-12-3-5-14-6-4-12/h3-9,15H,2H2,1H3. The number of nitro groups is 1. The van der Waals surface area contributed by atoms with Gasteiger partial charge in [-0.15, -0.1) is 0 Å². The molecule has 2 aromatic rings. The minimum atomic E-state index is -0.378. The summed E-state index contributed by atoms with van der Waals surface area (Å²) in [7, 11) is 0. The number of anilines is 1. The predicted octanol–water partition coefficient (Wildman–Crippen LogP) is 3.57. The maximum absolute atomic E-state index is 10.9. The van der Waals surface area contributed by atoms with E-state index in [0.717, 1.165) is 22.0 Å². The second-order valence-electron chi connectivity index (χ2n) is 3.79. The summed E-state index contributed by atoms with van der Waals surface area (Å²) in [6, 6.07) is 8.76. The summed E-state index contributed by atoms with van der Waals surface area (Å²) in [6.45, 7) is 2.68. The smallest absolute Gasteiger partial charge is 0.272 e. The Morgan fingerprint density at radius 3 is 2.63 bits per heavy atom. The van der Waals surface area contributed by atoms with Gasteiger partial charge in [0, 0.05) is 46.5 Å². The van der Waals surface area contributed by atoms with Crippen molar-refractivity contribution in [2.45, 2.75) is 16.7 Å². The van der Waals surface area contributed by atoms with Crippen molar-refractivity contribution >= 4 is 23.1 Å². The van der Waals surface area contributed by atoms with Crippen molar-refractivity contribution in [3.05, 3.63) is 52.8 Å². The number of rotatable bonds is 5. The van der Waals surface area contributed by atoms with E-state index >= 15 is 0 Å². The Morgan fingerprint density at radius 2 is 2.00 bits per heavy atom. The summed E-state index contributed by atoms with van der Waals surface area (Å²) in [4.78, 5) is 16.3. The van der Waals surface area contributed by atoms with Gasteiger partial charge < -0.3 is 5.32 Å². The van der Waals surface area contributed by atoms with Crippen LogP contribution < -0.4 is 5.32 Å². The molecule has 0 spiro atoms. The first-order chi connectivity index (χ1) is 9.19. The number of nitrogens with one attached hydrogen (secondary N) is 1. The molecule has 98 valence electrons. The first-order valence-electron chi connectivity index (χ1n) is 5.80. The molecular formula is C13H13N3O2S. The quantitative estimate of drug-likeness (QED) is 0.667. The maximum atomic E-state index is 10.9. The lowest BCUT2D eigenvalue weighted by molar-refractivity contribution is -0.385. The van der Waals surface area contributed by atoms with E-state index in [-0.39, 0.29) is 10.6 Å². The zero-order valence-electron chi connectivity index (χ0n) is 10.4. The predicted molar refractivity (Wildman–Crippen MR) is 75.6 cm³/mol. The van der Waals surface area contributed by atoms with Gasteiger partial charge in [0.2, 0.25) is 0 Å². The number of non-ortho nitro benzene ring substituents is 1. The molecule has 0 amide bonds. The van der Waals surface area contributed by atoms with Gasteiger partial charge >= 0.3 is 0 Å². The lowest BCUT2D eigenvalue weighted by Gasteiger charge is -2.06. The highest BCUT2D eigenvalue weighted by atomic mass is 32.2. The van der Waals surface area contributed by atoms with E-state index < -0.39 is 0 Å². The van der Waals surface area contributed by atoms with Crippen LogP contribution in [0.5, 0.6) is 0 Å². The minimum Gasteiger partial charge on any atom is -0.385 e. The van der Waals surface area contributed by atoms with Crippen LogP contribution in [0.4, 0.5) is 11.4 Å². The Labute approximate surface area is 115 Å². The SMILES string of the molecule is CCNc1cc(Sc2ccncc2)cc([N+](=O)[O-])c1. The number of nitro benzene ring substituents is 1. The molecule has 1 N–H and O–H groups in total. The van der Waals surface area contributed by atoms with Crippen molar-refractivity contribution in [3.63, 3.8) is 0 Å². The van der Waals surface area contributed by atoms with Gasteiger partial charge in [0.15, 0.2) is 0 Å². The summed E-state index contributed by atoms with van der Waals surface area (Å²) in [5.74, 6) is 0. The van der Waals surface area contributed by atoms with E-state index in [0.29, 0.717) is 0 Å². The van der Waals surface area contributed by atoms with Crippen molar-refractivity contribution < 1.29 is 4.92 Å². The summed E-state index contributed by atoms with van der Waals surface area (Å²) < 4.78 is 0. The van der Waals surface area contributed by atoms with E-state index in [1.54, 1.807) is 24.5 Å². The van der Waals surface area contributed by atoms with Gasteiger partial charge in [-0.25, -0.2) is 0 Å². The molecule has 19 heavy (non-hydrogen) atoms. The molecule has 0 unspecified atom stereocenters. The molecule has 0 atom stereocenters. The van der Waals surface area contributed by atoms with Crippen LogP contribution >= 0.6 is 11.8 Å². The van der Waals surface area contributed by atoms with Crippen LogP contribution in [-0.4, -0.2) is 16.5 Å². The van der Waals surface area contributed by atoms with E-state index in [2.05, 4.69) is 10.3 Å². The highest BCUT2D eigenvalue weighted by Gasteiger charge is 2.10. The molecule has 1 heterocycles. The molecule has 0 bridgehead atoms. The van der Waals surface area contributed by atoms with Crippen molar-refractivity contribution in [2.24, 2.45) is 0 Å². The summed E-state index contributed by atoms with van der Waals surface area (Å²) in [6.07, 6.45) is 3.40. The highest BCUT2D eigenvalue weighted by molar-refractivity contribution is 7.99. The molecule has 6 heteroatoms. The van der Waals surface area contributed by atoms with Gasteiger partial charge in [-0.2, -0.15) is 0 Å². The largest absolute Gasteiger partial charge is 0.385 e. The van der Waals surface area contributed by atoms with Gasteiger partial charge in [0.05, 0.1) is 4.92 Å². The van der Waals surface area contributed by atoms with E-state index in [1.165, 1.54) is 11.8 Å². The van der Waals surface area contributed by atoms with Gasteiger partial charge in [-0.05, 0) is 25.1 Å². The molecule has 0 aliphatic rings. The summed E-state index contributed by atoms with van der Waals surface area (Å²) in [5, 5.41) is 14.0. The molecule has 2 rings (SSSR count). The highest BCUT2D eigenvalue weighted by Crippen LogP contribution is 2.32. The topological polar surface area (TPSA) is 68.1 Å². The maximum Gasteiger partial charge on any atom is 0.272 e. The minimum absolute atomic E-state index is 0.0926. The number of pyridine rings is 1. The Balaban J connectivity index is 2.31. The van der Waals surface area contributed by atoms with Gasteiger partial charge in [0.25, 0.3) is 5.69 Å². The third-order valence-electron chi connectivity index (χ3n) is 2.37. The van der Waals surface area contributed by atoms with Crippen LogP contribution in [0.2, 0.25) is 0 Å². The zero-order chi connectivity index (χ0) is 13.7. The van der Waals surface area contributed by atoms with E-state index in [4.69, 9.17) is 0 Å². The van der Waals surface area contributed by atoms with Crippen LogP contribution in [0.25, 0.3) is 0 Å². The fourth-order valence-electron chi connectivity index (χ4n) is 1.60. The molecule has 5 nitrogen and oxygen atoms in total. The molecule has 0 aliphatic carbocycles. The number of hydrogen-bond acceptors (Lipinski definition) is 5. The van der Waals surface area contributed by atoms with E-state index in [9.17, 15) is 10.1 Å².